The Kier molecular flexibility index (Phi) is 5.55. The third-order valence-electron chi connectivity index (χ3n) is 4.40. The second kappa shape index (κ2) is 7.61. The molecule has 2 aromatic carbocycles. The zero-order valence-electron chi connectivity index (χ0n) is 13.2. The predicted molar refractivity (Wildman–Crippen MR) is 94.4 cm³/mol. The fourth-order valence-corrected chi connectivity index (χ4v) is 7.12. The maximum atomic E-state index is 10.4. The Morgan fingerprint density at radius 1 is 0.739 bits per heavy atom. The fourth-order valence-electron chi connectivity index (χ4n) is 3.05. The Morgan fingerprint density at radius 2 is 1.09 bits per heavy atom. The first-order valence-corrected chi connectivity index (χ1v) is 9.98. The normalized spacial score (nSPS) is 10.5. The smallest absolute Gasteiger partial charge is 0.211 e. The maximum Gasteiger partial charge on any atom is 0.240 e. The van der Waals surface area contributed by atoms with Crippen LogP contribution in [0, 0.1) is 0 Å². The van der Waals surface area contributed by atoms with Gasteiger partial charge in [0.15, 0.2) is 0 Å². The lowest BCUT2D eigenvalue weighted by atomic mass is 10.3. The van der Waals surface area contributed by atoms with Crippen molar-refractivity contribution in [3.05, 3.63) is 48.5 Å². The first-order chi connectivity index (χ1) is 11.2. The van der Waals surface area contributed by atoms with Gasteiger partial charge < -0.3 is 0 Å². The molecule has 0 spiro atoms. The lowest BCUT2D eigenvalue weighted by molar-refractivity contribution is 0.564. The van der Waals surface area contributed by atoms with Gasteiger partial charge in [0.25, 0.3) is 0 Å². The highest BCUT2D eigenvalue weighted by molar-refractivity contribution is 7.02. The van der Waals surface area contributed by atoms with E-state index in [1.807, 2.05) is 24.3 Å². The Balaban J connectivity index is 2.49. The fraction of sp³-hybridized carbons (Fsp3) is 0.222. The molecule has 0 radical (unpaired) electrons. The zero-order chi connectivity index (χ0) is 16.7. The van der Waals surface area contributed by atoms with Crippen molar-refractivity contribution in [3.63, 3.8) is 0 Å². The molecule has 0 unspecified atom stereocenters. The van der Waals surface area contributed by atoms with Gasteiger partial charge in [-0.25, -0.2) is 9.59 Å². The van der Waals surface area contributed by atoms with Crippen LogP contribution in [0.5, 0.6) is 0 Å². The molecular weight excluding hydrogens is 304 g/mol. The molecule has 23 heavy (non-hydrogen) atoms. The summed E-state index contributed by atoms with van der Waals surface area (Å²) in [4.78, 5) is 28.0. The van der Waals surface area contributed by atoms with Gasteiger partial charge in [-0.05, 0) is 24.3 Å². The molecule has 0 aromatic heterocycles. The van der Waals surface area contributed by atoms with Crippen LogP contribution in [0.4, 0.5) is 11.4 Å². The van der Waals surface area contributed by atoms with E-state index in [0.717, 1.165) is 12.1 Å². The Morgan fingerprint density at radius 3 is 1.35 bits per heavy atom. The van der Waals surface area contributed by atoms with E-state index in [1.54, 1.807) is 12.2 Å². The van der Waals surface area contributed by atoms with Crippen LogP contribution in [0.25, 0.3) is 0 Å². The van der Waals surface area contributed by atoms with Crippen molar-refractivity contribution in [2.75, 3.05) is 0 Å². The number of nitrogens with zero attached hydrogens (tertiary/aromatic N) is 2. The Hall–Kier alpha value is -2.58. The number of rotatable bonds is 6. The summed E-state index contributed by atoms with van der Waals surface area (Å²) in [5.41, 5.74) is 1.24. The van der Waals surface area contributed by atoms with Gasteiger partial charge >= 0.3 is 0 Å². The van der Waals surface area contributed by atoms with Crippen molar-refractivity contribution < 1.29 is 9.59 Å². The van der Waals surface area contributed by atoms with E-state index in [0.29, 0.717) is 11.4 Å². The minimum absolute atomic E-state index is 0.620. The summed E-state index contributed by atoms with van der Waals surface area (Å²) < 4.78 is 0. The van der Waals surface area contributed by atoms with Gasteiger partial charge in [0.05, 0.1) is 11.4 Å². The van der Waals surface area contributed by atoms with E-state index < -0.39 is 8.07 Å². The minimum atomic E-state index is -1.87. The second-order valence-corrected chi connectivity index (χ2v) is 10.0. The highest BCUT2D eigenvalue weighted by atomic mass is 28.3. The average Bonchev–Trinajstić information content (AvgIpc) is 2.60. The highest BCUT2D eigenvalue weighted by Gasteiger charge is 2.33. The van der Waals surface area contributed by atoms with Crippen LogP contribution in [0.1, 0.15) is 13.8 Å². The molecule has 0 amide bonds. The summed E-state index contributed by atoms with van der Waals surface area (Å²) in [6, 6.07) is 17.8. The van der Waals surface area contributed by atoms with Crippen LogP contribution < -0.4 is 10.4 Å². The zero-order valence-corrected chi connectivity index (χ0v) is 14.2. The third kappa shape index (κ3) is 3.43. The molecule has 0 saturated carbocycles. The van der Waals surface area contributed by atoms with Gasteiger partial charge in [-0.15, -0.1) is 0 Å². The molecule has 4 nitrogen and oxygen atoms in total. The van der Waals surface area contributed by atoms with Crippen LogP contribution in [-0.4, -0.2) is 20.2 Å². The summed E-state index contributed by atoms with van der Waals surface area (Å²) >= 11 is 0. The molecular formula is C18H18N2O2Si. The Labute approximate surface area is 136 Å². The molecule has 0 heterocycles. The van der Waals surface area contributed by atoms with Gasteiger partial charge in [-0.2, -0.15) is 9.98 Å². The molecule has 116 valence electrons. The van der Waals surface area contributed by atoms with Crippen molar-refractivity contribution in [2.24, 2.45) is 9.98 Å². The monoisotopic (exact) mass is 322 g/mol. The number of benzene rings is 2. The van der Waals surface area contributed by atoms with E-state index >= 15 is 0 Å². The standard InChI is InChI=1S/C18H18N2O2Si/c1-3-23(4-2,17-9-5-15(6-10-17)19-13-21)18-11-7-16(8-12-18)20-14-22/h5-12H,3-4H2,1-2H3. The van der Waals surface area contributed by atoms with Crippen molar-refractivity contribution in [1.29, 1.82) is 0 Å². The number of hydrogen-bond acceptors (Lipinski definition) is 4. The molecule has 0 aliphatic heterocycles. The van der Waals surface area contributed by atoms with Crippen LogP contribution in [-0.2, 0) is 9.59 Å². The van der Waals surface area contributed by atoms with E-state index in [4.69, 9.17) is 0 Å². The lowest BCUT2D eigenvalue weighted by Crippen LogP contribution is -2.57. The Bertz CT molecular complexity index is 689. The molecule has 0 N–H and O–H groups in total. The number of isocyanates is 2. The second-order valence-electron chi connectivity index (χ2n) is 5.29. The van der Waals surface area contributed by atoms with Gasteiger partial charge in [0.1, 0.15) is 8.07 Å². The number of aliphatic imine (C=N–C) groups is 2. The van der Waals surface area contributed by atoms with Gasteiger partial charge in [-0.1, -0.05) is 60.6 Å². The van der Waals surface area contributed by atoms with Crippen LogP contribution in [0.3, 0.4) is 0 Å². The molecule has 0 aliphatic rings. The maximum absolute atomic E-state index is 10.4. The summed E-state index contributed by atoms with van der Waals surface area (Å²) in [6.45, 7) is 4.43. The van der Waals surface area contributed by atoms with Crippen LogP contribution >= 0.6 is 0 Å². The van der Waals surface area contributed by atoms with E-state index in [9.17, 15) is 9.59 Å². The number of carbonyl (C=O) groups excluding carboxylic acids is 2. The molecule has 0 aliphatic carbocycles. The summed E-state index contributed by atoms with van der Waals surface area (Å²) in [5.74, 6) is 0. The summed E-state index contributed by atoms with van der Waals surface area (Å²) in [5, 5.41) is 2.61. The van der Waals surface area contributed by atoms with E-state index in [2.05, 4.69) is 48.1 Å². The van der Waals surface area contributed by atoms with Crippen molar-refractivity contribution >= 4 is 42.0 Å². The van der Waals surface area contributed by atoms with Crippen LogP contribution in [0.2, 0.25) is 12.1 Å². The summed E-state index contributed by atoms with van der Waals surface area (Å²) in [6.07, 6.45) is 3.13. The quantitative estimate of drug-likeness (QED) is 0.466. The van der Waals surface area contributed by atoms with Crippen molar-refractivity contribution in [3.8, 4) is 0 Å². The number of hydrogen-bond donors (Lipinski definition) is 0. The molecule has 0 saturated heterocycles. The highest BCUT2D eigenvalue weighted by Crippen LogP contribution is 2.19. The first-order valence-electron chi connectivity index (χ1n) is 7.57. The average molecular weight is 322 g/mol. The molecule has 0 atom stereocenters. The summed E-state index contributed by atoms with van der Waals surface area (Å²) in [7, 11) is -1.87. The molecule has 2 rings (SSSR count). The van der Waals surface area contributed by atoms with Gasteiger partial charge in [0.2, 0.25) is 12.2 Å². The SMILES string of the molecule is CC[Si](CC)(c1ccc(N=C=O)cc1)c1ccc(N=C=O)cc1. The molecule has 2 aromatic rings. The largest absolute Gasteiger partial charge is 0.240 e. The van der Waals surface area contributed by atoms with E-state index in [1.165, 1.54) is 10.4 Å². The first kappa shape index (κ1) is 16.8. The van der Waals surface area contributed by atoms with E-state index in [-0.39, 0.29) is 0 Å². The lowest BCUT2D eigenvalue weighted by Gasteiger charge is -2.30. The molecule has 0 bridgehead atoms. The topological polar surface area (TPSA) is 58.9 Å². The van der Waals surface area contributed by atoms with Gasteiger partial charge in [0, 0.05) is 0 Å². The van der Waals surface area contributed by atoms with Crippen molar-refractivity contribution in [2.45, 2.75) is 25.9 Å². The minimum Gasteiger partial charge on any atom is -0.211 e. The van der Waals surface area contributed by atoms with Gasteiger partial charge in [-0.3, -0.25) is 0 Å². The molecule has 0 fully saturated rings. The van der Waals surface area contributed by atoms with Crippen molar-refractivity contribution in [1.82, 2.24) is 0 Å². The third-order valence-corrected chi connectivity index (χ3v) is 9.69. The predicted octanol–water partition coefficient (Wildman–Crippen LogP) is 3.22. The molecule has 5 heteroatoms. The van der Waals surface area contributed by atoms with Crippen LogP contribution in [0.15, 0.2) is 58.5 Å².